The largest absolute Gasteiger partial charge is 0.480 e. The molecule has 0 aliphatic carbocycles. The topological polar surface area (TPSA) is 140 Å². The summed E-state index contributed by atoms with van der Waals surface area (Å²) in [5.41, 5.74) is 0. The van der Waals surface area contributed by atoms with Crippen LogP contribution in [-0.4, -0.2) is 145 Å². The van der Waals surface area contributed by atoms with E-state index in [2.05, 4.69) is 0 Å². The molecule has 0 unspecified atom stereocenters. The van der Waals surface area contributed by atoms with Gasteiger partial charge < -0.3 is 19.7 Å². The van der Waals surface area contributed by atoms with Crippen LogP contribution < -0.4 is 0 Å². The van der Waals surface area contributed by atoms with Gasteiger partial charge in [0.25, 0.3) is 0 Å². The molecule has 1 aliphatic heterocycles. The number of hydrogen-bond donors (Lipinski definition) is 2. The van der Waals surface area contributed by atoms with E-state index in [1.165, 1.54) is 0 Å². The molecule has 32 heavy (non-hydrogen) atoms. The van der Waals surface area contributed by atoms with Gasteiger partial charge in [0.1, 0.15) is 0 Å². The van der Waals surface area contributed by atoms with Gasteiger partial charge in [-0.25, -0.2) is 0 Å². The van der Waals surface area contributed by atoms with Gasteiger partial charge >= 0.3 is 23.9 Å². The Morgan fingerprint density at radius 1 is 0.562 bits per heavy atom. The molecule has 0 aromatic rings. The fraction of sp³-hybridized carbons (Fsp3) is 0.800. The average Bonchev–Trinajstić information content (AvgIpc) is 2.69. The predicted molar refractivity (Wildman–Crippen MR) is 114 cm³/mol. The highest BCUT2D eigenvalue weighted by atomic mass is 16.5. The molecular formula is C20H36N4O8. The molecular weight excluding hydrogens is 424 g/mol. The second-order valence-electron chi connectivity index (χ2n) is 7.50. The van der Waals surface area contributed by atoms with Crippen molar-refractivity contribution < 1.29 is 38.9 Å². The van der Waals surface area contributed by atoms with Crippen molar-refractivity contribution in [2.75, 3.05) is 91.8 Å². The standard InChI is InChI=1S/C20H36N4O8/c1-3-31-19(29)15-23-9-7-21(13-17(25)26)5-6-22(14-18(27)28)8-10-24(12-11-23)16-20(30)32-4-2/h3-16H2,1-2H3,(H,25,26)(H,27,28). The van der Waals surface area contributed by atoms with Crippen molar-refractivity contribution in [3.63, 3.8) is 0 Å². The molecule has 0 aromatic heterocycles. The fourth-order valence-electron chi connectivity index (χ4n) is 3.37. The summed E-state index contributed by atoms with van der Waals surface area (Å²) in [6.45, 7) is 7.06. The van der Waals surface area contributed by atoms with Gasteiger partial charge in [-0.2, -0.15) is 0 Å². The zero-order valence-electron chi connectivity index (χ0n) is 19.0. The van der Waals surface area contributed by atoms with E-state index in [0.29, 0.717) is 52.4 Å². The van der Waals surface area contributed by atoms with Crippen molar-refractivity contribution in [3.8, 4) is 0 Å². The van der Waals surface area contributed by atoms with E-state index in [9.17, 15) is 29.4 Å². The monoisotopic (exact) mass is 460 g/mol. The van der Waals surface area contributed by atoms with Crippen LogP contribution in [0.5, 0.6) is 0 Å². The Hall–Kier alpha value is -2.28. The van der Waals surface area contributed by atoms with Crippen molar-refractivity contribution in [2.45, 2.75) is 13.8 Å². The van der Waals surface area contributed by atoms with Crippen LogP contribution in [0.25, 0.3) is 0 Å². The number of ether oxygens (including phenoxy) is 2. The van der Waals surface area contributed by atoms with E-state index in [0.717, 1.165) is 0 Å². The zero-order chi connectivity index (χ0) is 23.9. The first-order valence-electron chi connectivity index (χ1n) is 10.9. The molecule has 1 saturated heterocycles. The predicted octanol–water partition coefficient (Wildman–Crippen LogP) is -1.50. The summed E-state index contributed by atoms with van der Waals surface area (Å²) >= 11 is 0. The summed E-state index contributed by atoms with van der Waals surface area (Å²) in [7, 11) is 0. The van der Waals surface area contributed by atoms with Crippen molar-refractivity contribution in [1.29, 1.82) is 0 Å². The Morgan fingerprint density at radius 2 is 0.812 bits per heavy atom. The van der Waals surface area contributed by atoms with Crippen molar-refractivity contribution in [1.82, 2.24) is 19.6 Å². The molecule has 1 rings (SSSR count). The lowest BCUT2D eigenvalue weighted by Gasteiger charge is -2.32. The first-order valence-corrected chi connectivity index (χ1v) is 10.9. The number of aliphatic carboxylic acids is 2. The molecule has 1 aliphatic rings. The molecule has 1 fully saturated rings. The summed E-state index contributed by atoms with van der Waals surface area (Å²) in [5.74, 6) is -2.68. The third kappa shape index (κ3) is 12.5. The second-order valence-corrected chi connectivity index (χ2v) is 7.50. The minimum absolute atomic E-state index is 0.0626. The van der Waals surface area contributed by atoms with Gasteiger partial charge in [-0.05, 0) is 13.8 Å². The highest BCUT2D eigenvalue weighted by molar-refractivity contribution is 5.72. The maximum absolute atomic E-state index is 12.0. The Morgan fingerprint density at radius 3 is 1.03 bits per heavy atom. The first kappa shape index (κ1) is 27.8. The molecule has 0 saturated carbocycles. The maximum atomic E-state index is 12.0. The number of rotatable bonds is 10. The van der Waals surface area contributed by atoms with E-state index >= 15 is 0 Å². The van der Waals surface area contributed by atoms with Crippen LogP contribution in [0, 0.1) is 0 Å². The van der Waals surface area contributed by atoms with Crippen LogP contribution in [0.1, 0.15) is 13.8 Å². The van der Waals surface area contributed by atoms with E-state index in [1.54, 1.807) is 23.6 Å². The minimum Gasteiger partial charge on any atom is -0.480 e. The van der Waals surface area contributed by atoms with E-state index in [4.69, 9.17) is 9.47 Å². The summed E-state index contributed by atoms with van der Waals surface area (Å²) < 4.78 is 10.1. The number of hydrogen-bond acceptors (Lipinski definition) is 10. The molecule has 0 radical (unpaired) electrons. The van der Waals surface area contributed by atoms with Crippen LogP contribution >= 0.6 is 0 Å². The lowest BCUT2D eigenvalue weighted by atomic mass is 10.3. The van der Waals surface area contributed by atoms with E-state index in [-0.39, 0.29) is 51.3 Å². The molecule has 0 atom stereocenters. The SMILES string of the molecule is CCOC(=O)CN1CCN(CC(=O)O)CCN(CC(=O)O)CCN(CC(=O)OCC)CC1. The number of carbonyl (C=O) groups is 4. The number of carboxylic acid groups (broad SMARTS) is 2. The number of esters is 2. The molecule has 2 N–H and O–H groups in total. The number of carbonyl (C=O) groups excluding carboxylic acids is 2. The van der Waals surface area contributed by atoms with Crippen molar-refractivity contribution in [2.24, 2.45) is 0 Å². The number of carboxylic acids is 2. The van der Waals surface area contributed by atoms with Crippen LogP contribution in [-0.2, 0) is 28.7 Å². The van der Waals surface area contributed by atoms with Crippen molar-refractivity contribution >= 4 is 23.9 Å². The molecule has 0 spiro atoms. The van der Waals surface area contributed by atoms with Crippen molar-refractivity contribution in [3.05, 3.63) is 0 Å². The normalized spacial score (nSPS) is 18.3. The molecule has 0 aromatic carbocycles. The average molecular weight is 461 g/mol. The van der Waals surface area contributed by atoms with Gasteiger partial charge in [0.15, 0.2) is 0 Å². The van der Waals surface area contributed by atoms with E-state index < -0.39 is 11.9 Å². The molecule has 12 nitrogen and oxygen atoms in total. The van der Waals surface area contributed by atoms with Crippen LogP contribution in [0.2, 0.25) is 0 Å². The highest BCUT2D eigenvalue weighted by Crippen LogP contribution is 2.02. The number of nitrogens with zero attached hydrogens (tertiary/aromatic N) is 4. The van der Waals surface area contributed by atoms with Crippen LogP contribution in [0.15, 0.2) is 0 Å². The third-order valence-electron chi connectivity index (χ3n) is 4.96. The molecule has 0 amide bonds. The molecule has 0 bridgehead atoms. The summed E-state index contributed by atoms with van der Waals surface area (Å²) in [6, 6.07) is 0. The molecule has 184 valence electrons. The molecule has 1 heterocycles. The van der Waals surface area contributed by atoms with Crippen LogP contribution in [0.3, 0.4) is 0 Å². The van der Waals surface area contributed by atoms with E-state index in [1.807, 2.05) is 9.80 Å². The van der Waals surface area contributed by atoms with Gasteiger partial charge in [-0.1, -0.05) is 0 Å². The highest BCUT2D eigenvalue weighted by Gasteiger charge is 2.21. The van der Waals surface area contributed by atoms with Crippen LogP contribution in [0.4, 0.5) is 0 Å². The summed E-state index contributed by atoms with van der Waals surface area (Å²) in [6.07, 6.45) is 0. The quantitative estimate of drug-likeness (QED) is 0.367. The van der Waals surface area contributed by atoms with Gasteiger partial charge in [0.05, 0.1) is 39.4 Å². The maximum Gasteiger partial charge on any atom is 0.320 e. The van der Waals surface area contributed by atoms with Gasteiger partial charge in [0, 0.05) is 52.4 Å². The molecule has 12 heteroatoms. The summed E-state index contributed by atoms with van der Waals surface area (Å²) in [4.78, 5) is 53.8. The summed E-state index contributed by atoms with van der Waals surface area (Å²) in [5, 5.41) is 18.4. The fourth-order valence-corrected chi connectivity index (χ4v) is 3.37. The Balaban J connectivity index is 2.95. The Kier molecular flexibility index (Phi) is 13.5. The third-order valence-corrected chi connectivity index (χ3v) is 4.96. The minimum atomic E-state index is -0.973. The smallest absolute Gasteiger partial charge is 0.320 e. The Bertz CT molecular complexity index is 566. The first-order chi connectivity index (χ1) is 15.2. The lowest BCUT2D eigenvalue weighted by Crippen LogP contribution is -2.49. The van der Waals surface area contributed by atoms with Gasteiger partial charge in [-0.3, -0.25) is 38.8 Å². The zero-order valence-corrected chi connectivity index (χ0v) is 19.0. The van der Waals surface area contributed by atoms with Gasteiger partial charge in [0.2, 0.25) is 0 Å². The lowest BCUT2D eigenvalue weighted by molar-refractivity contribution is -0.146. The second kappa shape index (κ2) is 15.5. The Labute approximate surface area is 188 Å². The van der Waals surface area contributed by atoms with Gasteiger partial charge in [-0.15, -0.1) is 0 Å².